The molecule has 1 heterocycles. The van der Waals surface area contributed by atoms with Crippen LogP contribution >= 0.6 is 11.3 Å². The van der Waals surface area contributed by atoms with E-state index in [0.29, 0.717) is 6.42 Å². The molecule has 0 saturated heterocycles. The second-order valence-corrected chi connectivity index (χ2v) is 8.03. The fourth-order valence-corrected chi connectivity index (χ4v) is 4.94. The Morgan fingerprint density at radius 1 is 1.18 bits per heavy atom. The lowest BCUT2D eigenvalue weighted by molar-refractivity contribution is -0.121. The van der Waals surface area contributed by atoms with Gasteiger partial charge in [0, 0.05) is 17.8 Å². The van der Waals surface area contributed by atoms with E-state index in [9.17, 15) is 13.2 Å². The fraction of sp³-hybridized carbons (Fsp3) is 0.312. The highest BCUT2D eigenvalue weighted by atomic mass is 32.2. The average molecular weight is 337 g/mol. The van der Waals surface area contributed by atoms with E-state index in [1.54, 1.807) is 36.4 Å². The lowest BCUT2D eigenvalue weighted by Gasteiger charge is -2.17. The van der Waals surface area contributed by atoms with Crippen molar-refractivity contribution in [3.63, 3.8) is 0 Å². The smallest absolute Gasteiger partial charge is 0.220 e. The minimum Gasteiger partial charge on any atom is -0.354 e. The van der Waals surface area contributed by atoms with Crippen molar-refractivity contribution in [2.24, 2.45) is 0 Å². The summed E-state index contributed by atoms with van der Waals surface area (Å²) in [7, 11) is -3.54. The Kier molecular flexibility index (Phi) is 5.74. The first-order valence-electron chi connectivity index (χ1n) is 7.14. The molecule has 0 fully saturated rings. The van der Waals surface area contributed by atoms with E-state index in [1.165, 1.54) is 11.3 Å². The summed E-state index contributed by atoms with van der Waals surface area (Å²) in [5.74, 6) is -0.118. The minimum absolute atomic E-state index is 0.0938. The average Bonchev–Trinajstić information content (AvgIpc) is 3.02. The van der Waals surface area contributed by atoms with Crippen LogP contribution in [0.5, 0.6) is 0 Å². The quantitative estimate of drug-likeness (QED) is 0.844. The second-order valence-electron chi connectivity index (χ2n) is 4.92. The summed E-state index contributed by atoms with van der Waals surface area (Å²) in [4.78, 5) is 12.7. The molecule has 2 aromatic rings. The molecule has 6 heteroatoms. The third-order valence-electron chi connectivity index (χ3n) is 3.27. The van der Waals surface area contributed by atoms with Gasteiger partial charge >= 0.3 is 0 Å². The zero-order valence-electron chi connectivity index (χ0n) is 12.4. The van der Waals surface area contributed by atoms with Crippen molar-refractivity contribution in [2.75, 3.05) is 6.54 Å². The van der Waals surface area contributed by atoms with E-state index in [0.717, 1.165) is 11.3 Å². The lowest BCUT2D eigenvalue weighted by Crippen LogP contribution is -2.31. The Morgan fingerprint density at radius 3 is 2.50 bits per heavy atom. The maximum atomic E-state index is 12.9. The number of carbonyl (C=O) groups is 1. The van der Waals surface area contributed by atoms with Gasteiger partial charge in [-0.25, -0.2) is 8.42 Å². The molecule has 0 unspecified atom stereocenters. The van der Waals surface area contributed by atoms with Gasteiger partial charge in [-0.05, 0) is 30.0 Å². The molecule has 1 aromatic carbocycles. The molecule has 0 saturated carbocycles. The molecule has 0 aliphatic rings. The Balaban J connectivity index is 2.27. The summed E-state index contributed by atoms with van der Waals surface area (Å²) >= 11 is 1.39. The Labute approximate surface area is 135 Å². The second kappa shape index (κ2) is 7.56. The first kappa shape index (κ1) is 16.7. The van der Waals surface area contributed by atoms with Crippen molar-refractivity contribution in [3.05, 3.63) is 52.7 Å². The van der Waals surface area contributed by atoms with Gasteiger partial charge in [-0.15, -0.1) is 11.3 Å². The number of benzene rings is 1. The zero-order valence-corrected chi connectivity index (χ0v) is 14.0. The maximum Gasteiger partial charge on any atom is 0.220 e. The Bertz CT molecular complexity index is 694. The normalized spacial score (nSPS) is 12.8. The lowest BCUT2D eigenvalue weighted by atomic mass is 10.3. The first-order valence-corrected chi connectivity index (χ1v) is 9.57. The minimum atomic E-state index is -3.54. The molecule has 0 spiro atoms. The van der Waals surface area contributed by atoms with E-state index < -0.39 is 15.1 Å². The molecule has 118 valence electrons. The Morgan fingerprint density at radius 2 is 1.91 bits per heavy atom. The van der Waals surface area contributed by atoms with Crippen LogP contribution < -0.4 is 5.32 Å². The van der Waals surface area contributed by atoms with Crippen LogP contribution in [-0.4, -0.2) is 20.9 Å². The predicted molar refractivity (Wildman–Crippen MR) is 88.6 cm³/mol. The summed E-state index contributed by atoms with van der Waals surface area (Å²) in [6.07, 6.45) is 1.14. The molecule has 1 N–H and O–H groups in total. The first-order chi connectivity index (χ1) is 10.6. The van der Waals surface area contributed by atoms with Crippen LogP contribution in [0.2, 0.25) is 0 Å². The van der Waals surface area contributed by atoms with Gasteiger partial charge < -0.3 is 5.32 Å². The van der Waals surface area contributed by atoms with Crippen LogP contribution in [0.1, 0.15) is 29.9 Å². The van der Waals surface area contributed by atoms with Gasteiger partial charge in [0.1, 0.15) is 5.25 Å². The number of thiophene rings is 1. The highest BCUT2D eigenvalue weighted by Crippen LogP contribution is 2.31. The van der Waals surface area contributed by atoms with E-state index in [4.69, 9.17) is 0 Å². The number of hydrogen-bond donors (Lipinski definition) is 1. The van der Waals surface area contributed by atoms with E-state index in [-0.39, 0.29) is 17.3 Å². The highest BCUT2D eigenvalue weighted by molar-refractivity contribution is 7.91. The predicted octanol–water partition coefficient (Wildman–Crippen LogP) is 3.18. The Hall–Kier alpha value is -1.66. The fourth-order valence-electron chi connectivity index (χ4n) is 2.13. The largest absolute Gasteiger partial charge is 0.354 e. The molecule has 0 bridgehead atoms. The molecule has 1 atom stereocenters. The molecule has 0 aliphatic carbocycles. The molecule has 1 aromatic heterocycles. The highest BCUT2D eigenvalue weighted by Gasteiger charge is 2.30. The molecular weight excluding hydrogens is 318 g/mol. The molecule has 4 nitrogen and oxygen atoms in total. The summed E-state index contributed by atoms with van der Waals surface area (Å²) in [6.45, 7) is 2.01. The third-order valence-corrected chi connectivity index (χ3v) is 6.50. The van der Waals surface area contributed by atoms with Crippen molar-refractivity contribution in [3.8, 4) is 0 Å². The number of hydrogen-bond acceptors (Lipinski definition) is 4. The molecule has 2 rings (SSSR count). The van der Waals surface area contributed by atoms with Gasteiger partial charge in [0.05, 0.1) is 4.90 Å². The topological polar surface area (TPSA) is 63.2 Å². The van der Waals surface area contributed by atoms with Crippen LogP contribution in [0.25, 0.3) is 0 Å². The standard InChI is InChI=1S/C16H19NO3S2/c1-2-7-16(18)17-12-15(14-10-6-11-21-14)22(19,20)13-8-4-3-5-9-13/h3-6,8-11,15H,2,7,12H2,1H3,(H,17,18)/t15-/m1/s1. The van der Waals surface area contributed by atoms with E-state index in [2.05, 4.69) is 5.32 Å². The molecule has 22 heavy (non-hydrogen) atoms. The van der Waals surface area contributed by atoms with Gasteiger partial charge in [0.15, 0.2) is 9.84 Å². The van der Waals surface area contributed by atoms with Crippen molar-refractivity contribution < 1.29 is 13.2 Å². The van der Waals surface area contributed by atoms with E-state index in [1.807, 2.05) is 18.4 Å². The third kappa shape index (κ3) is 3.96. The monoisotopic (exact) mass is 337 g/mol. The van der Waals surface area contributed by atoms with Gasteiger partial charge in [0.25, 0.3) is 0 Å². The number of rotatable bonds is 7. The summed E-state index contributed by atoms with van der Waals surface area (Å²) < 4.78 is 25.7. The van der Waals surface area contributed by atoms with Crippen molar-refractivity contribution in [1.82, 2.24) is 5.32 Å². The number of sulfone groups is 1. The number of carbonyl (C=O) groups excluding carboxylic acids is 1. The van der Waals surface area contributed by atoms with Gasteiger partial charge in [0.2, 0.25) is 5.91 Å². The van der Waals surface area contributed by atoms with Crippen LogP contribution in [0.3, 0.4) is 0 Å². The van der Waals surface area contributed by atoms with Crippen LogP contribution in [-0.2, 0) is 14.6 Å². The van der Waals surface area contributed by atoms with Crippen molar-refractivity contribution in [1.29, 1.82) is 0 Å². The summed E-state index contributed by atoms with van der Waals surface area (Å²) in [5, 5.41) is 3.83. The van der Waals surface area contributed by atoms with Crippen molar-refractivity contribution in [2.45, 2.75) is 29.9 Å². The maximum absolute atomic E-state index is 12.9. The van der Waals surface area contributed by atoms with Crippen LogP contribution in [0.4, 0.5) is 0 Å². The summed E-state index contributed by atoms with van der Waals surface area (Å²) in [6, 6.07) is 12.0. The number of nitrogens with one attached hydrogen (secondary N) is 1. The SMILES string of the molecule is CCCC(=O)NC[C@H](c1cccs1)S(=O)(=O)c1ccccc1. The van der Waals surface area contributed by atoms with E-state index >= 15 is 0 Å². The molecule has 0 aliphatic heterocycles. The molecule has 0 radical (unpaired) electrons. The number of amides is 1. The van der Waals surface area contributed by atoms with Crippen LogP contribution in [0.15, 0.2) is 52.7 Å². The van der Waals surface area contributed by atoms with Crippen molar-refractivity contribution >= 4 is 27.1 Å². The summed E-state index contributed by atoms with van der Waals surface area (Å²) in [5.41, 5.74) is 0. The van der Waals surface area contributed by atoms with Gasteiger partial charge in [-0.3, -0.25) is 4.79 Å². The van der Waals surface area contributed by atoms with Gasteiger partial charge in [-0.2, -0.15) is 0 Å². The van der Waals surface area contributed by atoms with Gasteiger partial charge in [-0.1, -0.05) is 31.2 Å². The molecular formula is C16H19NO3S2. The van der Waals surface area contributed by atoms with Crippen LogP contribution in [0, 0.1) is 0 Å². The molecule has 1 amide bonds. The zero-order chi connectivity index (χ0) is 16.0.